The van der Waals surface area contributed by atoms with E-state index in [-0.39, 0.29) is 21.7 Å². The molecule has 0 saturated carbocycles. The predicted octanol–water partition coefficient (Wildman–Crippen LogP) is 3.07. The Labute approximate surface area is 176 Å². The van der Waals surface area contributed by atoms with Gasteiger partial charge >= 0.3 is 5.97 Å². The van der Waals surface area contributed by atoms with Crippen LogP contribution in [-0.4, -0.2) is 51.9 Å². The minimum Gasteiger partial charge on any atom is -0.497 e. The predicted molar refractivity (Wildman–Crippen MR) is 114 cm³/mol. The summed E-state index contributed by atoms with van der Waals surface area (Å²) in [5.41, 5.74) is 1.03. The molecule has 0 aliphatic rings. The van der Waals surface area contributed by atoms with Crippen molar-refractivity contribution in [2.75, 3.05) is 32.6 Å². The number of hydrogen-bond acceptors (Lipinski definition) is 6. The van der Waals surface area contributed by atoms with Crippen LogP contribution < -0.4 is 10.1 Å². The second-order valence-corrected chi connectivity index (χ2v) is 8.33. The van der Waals surface area contributed by atoms with E-state index in [0.29, 0.717) is 24.4 Å². The first kappa shape index (κ1) is 23.4. The van der Waals surface area contributed by atoms with E-state index in [4.69, 9.17) is 9.47 Å². The van der Waals surface area contributed by atoms with Crippen LogP contribution in [0.15, 0.2) is 41.3 Å². The number of methoxy groups -OCH3 is 2. The number of aryl methyl sites for hydroxylation is 1. The molecule has 2 aromatic rings. The molecule has 1 N–H and O–H groups in total. The third-order valence-corrected chi connectivity index (χ3v) is 6.85. The summed E-state index contributed by atoms with van der Waals surface area (Å²) in [6, 6.07) is 9.03. The summed E-state index contributed by atoms with van der Waals surface area (Å²) >= 11 is 0. The Balaban J connectivity index is 2.43. The van der Waals surface area contributed by atoms with Gasteiger partial charge in [-0.25, -0.2) is 13.2 Å². The van der Waals surface area contributed by atoms with Crippen LogP contribution in [0.1, 0.15) is 40.1 Å². The number of benzene rings is 2. The average molecular weight is 435 g/mol. The lowest BCUT2D eigenvalue weighted by atomic mass is 10.1. The summed E-state index contributed by atoms with van der Waals surface area (Å²) in [6.07, 6.45) is 0. The third kappa shape index (κ3) is 4.80. The molecule has 0 spiro atoms. The Hall–Kier alpha value is -2.91. The van der Waals surface area contributed by atoms with Crippen LogP contribution >= 0.6 is 0 Å². The number of ether oxygens (including phenoxy) is 2. The maximum Gasteiger partial charge on any atom is 0.340 e. The molecule has 0 aliphatic carbocycles. The molecular formula is C21H26N2O6S. The van der Waals surface area contributed by atoms with Crippen molar-refractivity contribution >= 4 is 27.6 Å². The summed E-state index contributed by atoms with van der Waals surface area (Å²) in [7, 11) is -1.04. The molecule has 2 aromatic carbocycles. The Morgan fingerprint density at radius 1 is 1.03 bits per heavy atom. The van der Waals surface area contributed by atoms with Gasteiger partial charge in [0.05, 0.1) is 30.4 Å². The second kappa shape index (κ2) is 9.73. The Bertz CT molecular complexity index is 1050. The van der Waals surface area contributed by atoms with Crippen molar-refractivity contribution in [3.8, 4) is 5.75 Å². The fourth-order valence-corrected chi connectivity index (χ4v) is 4.66. The quantitative estimate of drug-likeness (QED) is 0.641. The van der Waals surface area contributed by atoms with E-state index >= 15 is 0 Å². The van der Waals surface area contributed by atoms with E-state index < -0.39 is 21.9 Å². The van der Waals surface area contributed by atoms with Gasteiger partial charge in [-0.2, -0.15) is 4.31 Å². The molecule has 162 valence electrons. The molecule has 0 unspecified atom stereocenters. The number of rotatable bonds is 8. The first-order valence-electron chi connectivity index (χ1n) is 9.38. The number of sulfonamides is 1. The van der Waals surface area contributed by atoms with E-state index in [1.165, 1.54) is 42.8 Å². The van der Waals surface area contributed by atoms with Gasteiger partial charge in [0.1, 0.15) is 5.75 Å². The summed E-state index contributed by atoms with van der Waals surface area (Å²) in [5.74, 6) is -0.768. The normalized spacial score (nSPS) is 11.3. The standard InChI is InChI=1S/C21H26N2O6S/c1-6-23(7-2)30(26,27)19-12-15(9-8-14(19)3)20(24)22-18-11-10-16(28-4)13-17(18)21(25)29-5/h8-13H,6-7H2,1-5H3,(H,22,24). The topological polar surface area (TPSA) is 102 Å². The fraction of sp³-hybridized carbons (Fsp3) is 0.333. The minimum atomic E-state index is -3.73. The molecule has 0 heterocycles. The highest BCUT2D eigenvalue weighted by atomic mass is 32.2. The number of esters is 1. The zero-order chi connectivity index (χ0) is 22.5. The van der Waals surface area contributed by atoms with Crippen LogP contribution in [0.3, 0.4) is 0 Å². The Morgan fingerprint density at radius 2 is 1.70 bits per heavy atom. The van der Waals surface area contributed by atoms with E-state index in [1.54, 1.807) is 32.9 Å². The minimum absolute atomic E-state index is 0.0711. The number of carbonyl (C=O) groups is 2. The molecule has 0 aliphatic heterocycles. The zero-order valence-electron chi connectivity index (χ0n) is 17.7. The lowest BCUT2D eigenvalue weighted by molar-refractivity contribution is 0.0601. The maximum atomic E-state index is 12.9. The third-order valence-electron chi connectivity index (χ3n) is 4.65. The highest BCUT2D eigenvalue weighted by molar-refractivity contribution is 7.89. The molecule has 1 amide bonds. The number of carbonyl (C=O) groups excluding carboxylic acids is 2. The molecular weight excluding hydrogens is 408 g/mol. The molecule has 2 rings (SSSR count). The Kier molecular flexibility index (Phi) is 7.58. The van der Waals surface area contributed by atoms with Gasteiger partial charge in [-0.1, -0.05) is 19.9 Å². The van der Waals surface area contributed by atoms with Gasteiger partial charge in [-0.3, -0.25) is 4.79 Å². The summed E-state index contributed by atoms with van der Waals surface area (Å²) in [4.78, 5) is 25.0. The van der Waals surface area contributed by atoms with Gasteiger partial charge in [-0.05, 0) is 42.8 Å². The Morgan fingerprint density at radius 3 is 2.27 bits per heavy atom. The molecule has 0 atom stereocenters. The van der Waals surface area contributed by atoms with Crippen LogP contribution in [0.5, 0.6) is 5.75 Å². The molecule has 9 heteroatoms. The first-order chi connectivity index (χ1) is 14.2. The van der Waals surface area contributed by atoms with Gasteiger partial charge in [0, 0.05) is 18.7 Å². The monoisotopic (exact) mass is 434 g/mol. The smallest absolute Gasteiger partial charge is 0.340 e. The number of anilines is 1. The van der Waals surface area contributed by atoms with E-state index in [0.717, 1.165) is 0 Å². The SMILES string of the molecule is CCN(CC)S(=O)(=O)c1cc(C(=O)Nc2ccc(OC)cc2C(=O)OC)ccc1C. The van der Waals surface area contributed by atoms with Crippen molar-refractivity contribution in [1.82, 2.24) is 4.31 Å². The van der Waals surface area contributed by atoms with Crippen molar-refractivity contribution < 1.29 is 27.5 Å². The summed E-state index contributed by atoms with van der Waals surface area (Å²) in [6.45, 7) is 5.83. The number of hydrogen-bond donors (Lipinski definition) is 1. The van der Waals surface area contributed by atoms with E-state index in [1.807, 2.05) is 0 Å². The van der Waals surface area contributed by atoms with Crippen molar-refractivity contribution in [3.63, 3.8) is 0 Å². The van der Waals surface area contributed by atoms with Crippen molar-refractivity contribution in [2.24, 2.45) is 0 Å². The van der Waals surface area contributed by atoms with Crippen molar-refractivity contribution in [3.05, 3.63) is 53.1 Å². The van der Waals surface area contributed by atoms with Gasteiger partial charge in [0.2, 0.25) is 10.0 Å². The molecule has 0 radical (unpaired) electrons. The zero-order valence-corrected chi connectivity index (χ0v) is 18.5. The van der Waals surface area contributed by atoms with E-state index in [9.17, 15) is 18.0 Å². The second-order valence-electron chi connectivity index (χ2n) is 6.43. The van der Waals surface area contributed by atoms with E-state index in [2.05, 4.69) is 5.32 Å². The van der Waals surface area contributed by atoms with Crippen LogP contribution in [0.25, 0.3) is 0 Å². The number of nitrogens with zero attached hydrogens (tertiary/aromatic N) is 1. The molecule has 0 aromatic heterocycles. The fourth-order valence-electron chi connectivity index (χ4n) is 2.95. The number of amides is 1. The molecule has 30 heavy (non-hydrogen) atoms. The maximum absolute atomic E-state index is 12.9. The largest absolute Gasteiger partial charge is 0.497 e. The van der Waals surface area contributed by atoms with Gasteiger partial charge in [0.15, 0.2) is 0 Å². The van der Waals surface area contributed by atoms with Gasteiger partial charge in [0.25, 0.3) is 5.91 Å². The highest BCUT2D eigenvalue weighted by Gasteiger charge is 2.25. The van der Waals surface area contributed by atoms with Crippen LogP contribution in [-0.2, 0) is 14.8 Å². The van der Waals surface area contributed by atoms with Gasteiger partial charge in [-0.15, -0.1) is 0 Å². The average Bonchev–Trinajstić information content (AvgIpc) is 2.74. The summed E-state index contributed by atoms with van der Waals surface area (Å²) in [5, 5.41) is 2.64. The van der Waals surface area contributed by atoms with Crippen LogP contribution in [0.4, 0.5) is 5.69 Å². The van der Waals surface area contributed by atoms with Crippen LogP contribution in [0, 0.1) is 6.92 Å². The number of nitrogens with one attached hydrogen (secondary N) is 1. The molecule has 8 nitrogen and oxygen atoms in total. The molecule has 0 bridgehead atoms. The van der Waals surface area contributed by atoms with Crippen molar-refractivity contribution in [2.45, 2.75) is 25.7 Å². The molecule has 0 saturated heterocycles. The lowest BCUT2D eigenvalue weighted by Crippen LogP contribution is -2.31. The first-order valence-corrected chi connectivity index (χ1v) is 10.8. The molecule has 0 fully saturated rings. The van der Waals surface area contributed by atoms with Gasteiger partial charge < -0.3 is 14.8 Å². The highest BCUT2D eigenvalue weighted by Crippen LogP contribution is 2.25. The van der Waals surface area contributed by atoms with Crippen LogP contribution in [0.2, 0.25) is 0 Å². The van der Waals surface area contributed by atoms with Crippen molar-refractivity contribution in [1.29, 1.82) is 0 Å². The lowest BCUT2D eigenvalue weighted by Gasteiger charge is -2.20. The summed E-state index contributed by atoms with van der Waals surface area (Å²) < 4.78 is 37.0.